The molecule has 0 unspecified atom stereocenters. The van der Waals surface area contributed by atoms with Gasteiger partial charge in [-0.25, -0.2) is 0 Å². The summed E-state index contributed by atoms with van der Waals surface area (Å²) in [5.74, 6) is 4.00. The average molecular weight is 971 g/mol. The minimum atomic E-state index is -1.30. The van der Waals surface area contributed by atoms with Gasteiger partial charge in [-0.2, -0.15) is 0 Å². The standard InChI is InChI=1S/C54H87O9S.C2H4O2/c1-46(2,3)55-34-28-37(58-49(10,11)12)43(38(29-34)59-50(13,14)15)64(44-39(60-51(16,17)18)30-35(56-47(4,5)6)31-40(44)61-52(19,20)21)45-41(62-53(22,23)24)32-36(57-48(7,8)9)33-42(45)63-54(25,26)27;1-2(3)4/h28-33H,1-27H3;1H3,(H,3,4)/q+1;/p-1. The van der Waals surface area contributed by atoms with Gasteiger partial charge in [0, 0.05) is 42.4 Å². The summed E-state index contributed by atoms with van der Waals surface area (Å²) in [6, 6.07) is 11.8. The highest BCUT2D eigenvalue weighted by Crippen LogP contribution is 2.58. The largest absolute Gasteiger partial charge is 0.550 e. The van der Waals surface area contributed by atoms with E-state index in [2.05, 4.69) is 0 Å². The van der Waals surface area contributed by atoms with E-state index >= 15 is 0 Å². The Hall–Kier alpha value is -4.32. The highest BCUT2D eigenvalue weighted by atomic mass is 32.2. The second-order valence-corrected chi connectivity index (χ2v) is 27.8. The van der Waals surface area contributed by atoms with Crippen LogP contribution in [0.25, 0.3) is 0 Å². The Kier molecular flexibility index (Phi) is 18.4. The third-order valence-electron chi connectivity index (χ3n) is 7.36. The lowest BCUT2D eigenvalue weighted by Gasteiger charge is -2.32. The number of ether oxygens (including phenoxy) is 9. The number of aliphatic carboxylic acids is 1. The summed E-state index contributed by atoms with van der Waals surface area (Å²) in [5.41, 5.74) is -5.58. The quantitative estimate of drug-likeness (QED) is 0.161. The zero-order valence-electron chi connectivity index (χ0n) is 47.4. The molecule has 68 heavy (non-hydrogen) atoms. The molecule has 0 radical (unpaired) electrons. The number of hydrogen-bond acceptors (Lipinski definition) is 11. The van der Waals surface area contributed by atoms with Crippen molar-refractivity contribution in [2.75, 3.05) is 0 Å². The topological polar surface area (TPSA) is 123 Å². The summed E-state index contributed by atoms with van der Waals surface area (Å²) in [4.78, 5) is 11.0. The van der Waals surface area contributed by atoms with Crippen molar-refractivity contribution in [3.05, 3.63) is 36.4 Å². The van der Waals surface area contributed by atoms with Gasteiger partial charge in [-0.15, -0.1) is 0 Å². The fourth-order valence-corrected chi connectivity index (χ4v) is 8.66. The average Bonchev–Trinajstić information content (AvgIpc) is 2.96. The minimum absolute atomic E-state index is 0.532. The molecule has 0 aliphatic rings. The highest BCUT2D eigenvalue weighted by Gasteiger charge is 2.50. The molecule has 0 fully saturated rings. The zero-order valence-corrected chi connectivity index (χ0v) is 48.2. The molecule has 0 heterocycles. The van der Waals surface area contributed by atoms with E-state index in [0.29, 0.717) is 51.7 Å². The van der Waals surface area contributed by atoms with Crippen LogP contribution in [0.3, 0.4) is 0 Å². The summed E-state index contributed by atoms with van der Waals surface area (Å²) < 4.78 is 62.8. The lowest BCUT2D eigenvalue weighted by Crippen LogP contribution is -2.31. The molecule has 0 aromatic heterocycles. The van der Waals surface area contributed by atoms with E-state index in [1.54, 1.807) is 0 Å². The van der Waals surface area contributed by atoms with E-state index in [4.69, 9.17) is 52.5 Å². The molecular weight excluding hydrogens is 881 g/mol. The molecule has 0 amide bonds. The van der Waals surface area contributed by atoms with Crippen molar-refractivity contribution in [3.8, 4) is 51.7 Å². The Balaban J connectivity index is 0.00000381. The molecule has 12 heteroatoms. The van der Waals surface area contributed by atoms with Crippen LogP contribution in [0, 0.1) is 0 Å². The number of hydrogen-bond donors (Lipinski definition) is 0. The molecule has 0 saturated heterocycles. The number of rotatable bonds is 12. The van der Waals surface area contributed by atoms with Gasteiger partial charge in [0.15, 0.2) is 34.5 Å². The van der Waals surface area contributed by atoms with Gasteiger partial charge in [0.1, 0.15) is 78.6 Å². The molecule has 3 aromatic rings. The van der Waals surface area contributed by atoms with Crippen LogP contribution >= 0.6 is 0 Å². The Labute approximate surface area is 414 Å². The van der Waals surface area contributed by atoms with Gasteiger partial charge in [-0.05, 0) is 194 Å². The minimum Gasteiger partial charge on any atom is -0.550 e. The first-order chi connectivity index (χ1) is 30.0. The number of benzene rings is 3. The smallest absolute Gasteiger partial charge is 0.250 e. The third kappa shape index (κ3) is 22.4. The molecule has 3 aromatic carbocycles. The van der Waals surface area contributed by atoms with E-state index in [1.807, 2.05) is 223 Å². The first-order valence-electron chi connectivity index (χ1n) is 23.7. The van der Waals surface area contributed by atoms with Crippen molar-refractivity contribution in [1.82, 2.24) is 0 Å². The van der Waals surface area contributed by atoms with E-state index < -0.39 is 67.3 Å². The van der Waals surface area contributed by atoms with E-state index in [1.165, 1.54) is 0 Å². The van der Waals surface area contributed by atoms with Gasteiger partial charge in [-0.3, -0.25) is 0 Å². The van der Waals surface area contributed by atoms with Gasteiger partial charge in [0.2, 0.25) is 0 Å². The van der Waals surface area contributed by atoms with E-state index in [9.17, 15) is 0 Å². The van der Waals surface area contributed by atoms with Crippen LogP contribution in [0.4, 0.5) is 0 Å². The number of carbonyl (C=O) groups is 1. The molecule has 0 atom stereocenters. The van der Waals surface area contributed by atoms with E-state index in [0.717, 1.165) is 21.6 Å². The van der Waals surface area contributed by atoms with Crippen molar-refractivity contribution in [1.29, 1.82) is 0 Å². The summed E-state index contributed by atoms with van der Waals surface area (Å²) in [5, 5.41) is 8.89. The highest BCUT2D eigenvalue weighted by molar-refractivity contribution is 7.97. The third-order valence-corrected chi connectivity index (χ3v) is 9.80. The van der Waals surface area contributed by atoms with Gasteiger partial charge in [0.05, 0.1) is 0 Å². The number of carboxylic acid groups (broad SMARTS) is 1. The second kappa shape index (κ2) is 21.0. The first-order valence-corrected chi connectivity index (χ1v) is 24.9. The molecule has 3 rings (SSSR count). The van der Waals surface area contributed by atoms with Crippen molar-refractivity contribution in [2.45, 2.75) is 259 Å². The SMILES string of the molecule is CC(=O)[O-].CC(C)(C)Oc1cc(OC(C)(C)C)c([S+](c2c(OC(C)(C)C)cc(OC(C)(C)C)cc2OC(C)(C)C)c2c(OC(C)(C)C)cc(OC(C)(C)C)cc2OC(C)(C)C)c(OC(C)(C)C)c1. The maximum absolute atomic E-state index is 8.89. The van der Waals surface area contributed by atoms with Crippen molar-refractivity contribution < 1.29 is 52.5 Å². The van der Waals surface area contributed by atoms with Crippen LogP contribution in [-0.4, -0.2) is 56.4 Å². The summed E-state index contributed by atoms with van der Waals surface area (Å²) in [7, 11) is -1.30. The predicted molar refractivity (Wildman–Crippen MR) is 276 cm³/mol. The molecule has 386 valence electrons. The molecule has 0 spiro atoms. The van der Waals surface area contributed by atoms with Crippen molar-refractivity contribution in [3.63, 3.8) is 0 Å². The lowest BCUT2D eigenvalue weighted by atomic mass is 10.1. The maximum Gasteiger partial charge on any atom is 0.250 e. The predicted octanol–water partition coefficient (Wildman–Crippen LogP) is 14.1. The van der Waals surface area contributed by atoms with Gasteiger partial charge >= 0.3 is 0 Å². The lowest BCUT2D eigenvalue weighted by molar-refractivity contribution is -0.302. The molecule has 0 bridgehead atoms. The summed E-state index contributed by atoms with van der Waals surface area (Å²) in [6.07, 6.45) is 0. The Morgan fingerprint density at radius 2 is 0.426 bits per heavy atom. The molecule has 0 aliphatic heterocycles. The summed E-state index contributed by atoms with van der Waals surface area (Å²) >= 11 is 0. The normalized spacial score (nSPS) is 13.2. The monoisotopic (exact) mass is 971 g/mol. The molecular formula is C56H90O11S. The zero-order chi connectivity index (χ0) is 53.2. The van der Waals surface area contributed by atoms with Crippen LogP contribution < -0.4 is 47.7 Å². The van der Waals surface area contributed by atoms with Crippen LogP contribution in [0.2, 0.25) is 0 Å². The second-order valence-electron chi connectivity index (χ2n) is 26.0. The molecule has 0 N–H and O–H groups in total. The Morgan fingerprint density at radius 3 is 0.529 bits per heavy atom. The van der Waals surface area contributed by atoms with Crippen LogP contribution in [0.15, 0.2) is 51.1 Å². The molecule has 0 saturated carbocycles. The fraction of sp³-hybridized carbons (Fsp3) is 0.661. The van der Waals surface area contributed by atoms with Crippen LogP contribution in [0.5, 0.6) is 51.7 Å². The fourth-order valence-electron chi connectivity index (χ4n) is 6.24. The first kappa shape index (κ1) is 59.8. The molecule has 0 aliphatic carbocycles. The Bertz CT molecular complexity index is 1810. The van der Waals surface area contributed by atoms with Gasteiger partial charge in [-0.1, -0.05) is 0 Å². The number of carbonyl (C=O) groups excluding carboxylic acids is 1. The maximum atomic E-state index is 8.89. The molecule has 11 nitrogen and oxygen atoms in total. The van der Waals surface area contributed by atoms with Crippen molar-refractivity contribution in [2.24, 2.45) is 0 Å². The Morgan fingerprint density at radius 1 is 0.309 bits per heavy atom. The van der Waals surface area contributed by atoms with Crippen LogP contribution in [0.1, 0.15) is 194 Å². The van der Waals surface area contributed by atoms with E-state index in [-0.39, 0.29) is 0 Å². The van der Waals surface area contributed by atoms with Crippen LogP contribution in [-0.2, 0) is 15.7 Å². The van der Waals surface area contributed by atoms with Crippen molar-refractivity contribution >= 4 is 16.9 Å². The van der Waals surface area contributed by atoms with Gasteiger partial charge in [0.25, 0.3) is 14.7 Å². The van der Waals surface area contributed by atoms with Gasteiger partial charge < -0.3 is 52.5 Å². The summed E-state index contributed by atoms with van der Waals surface area (Å²) in [6.45, 7) is 56.0. The number of carboxylic acids is 1.